The molecule has 22 nitrogen and oxygen atoms in total. The van der Waals surface area contributed by atoms with E-state index in [-0.39, 0.29) is 37.2 Å². The molecule has 1 saturated heterocycles. The monoisotopic (exact) mass is 808 g/mol. The van der Waals surface area contributed by atoms with Gasteiger partial charge >= 0.3 is 0 Å². The molecule has 3 aliphatic rings. The Morgan fingerprint density at radius 2 is 1.17 bits per heavy atom. The standard InChI is InChI=1S/C36H48N12O10/c1-16(18-5-3-2-4-6-18)25-32(56)42-20(11-17-7-9-19(50)10-8-17)31(55)47-27(29(53)22-13-41-36(38)45-22)34(58)48-26(28(52)21-12-40-35(37)44-21)33(57)43-23(15-49)30(54)39-14-24(51)46-25/h2-10,16,20-23,25-29,49-50,52-53H,11-15H2,1H3,(H,39,54)(H,42,56)(H,43,57)(H,46,51)(H,47,55)(H,48,58)(H3,37,40,44)(H3,38,41,45). The number of carbonyl (C=O) groups is 6. The fourth-order valence-electron chi connectivity index (χ4n) is 6.59. The molecule has 10 unspecified atom stereocenters. The molecule has 2 aromatic carbocycles. The normalized spacial score (nSPS) is 27.9. The fourth-order valence-corrected chi connectivity index (χ4v) is 6.59. The van der Waals surface area contributed by atoms with Gasteiger partial charge in [-0.05, 0) is 23.3 Å². The van der Waals surface area contributed by atoms with E-state index >= 15 is 0 Å². The zero-order chi connectivity index (χ0) is 42.1. The van der Waals surface area contributed by atoms with Gasteiger partial charge in [0.05, 0.1) is 38.3 Å². The number of aliphatic hydroxyl groups is 3. The minimum Gasteiger partial charge on any atom is -0.508 e. The van der Waals surface area contributed by atoms with Crippen LogP contribution < -0.4 is 54.0 Å². The Hall–Kier alpha value is -6.52. The number of nitrogens with one attached hydrogen (secondary N) is 8. The molecule has 3 heterocycles. The van der Waals surface area contributed by atoms with Crippen molar-refractivity contribution in [3.63, 3.8) is 0 Å². The summed E-state index contributed by atoms with van der Waals surface area (Å²) < 4.78 is 0. The van der Waals surface area contributed by atoms with Gasteiger partial charge in [0, 0.05) is 12.3 Å². The Labute approximate surface area is 331 Å². The molecule has 10 atom stereocenters. The van der Waals surface area contributed by atoms with Crippen LogP contribution in [-0.4, -0.2) is 149 Å². The van der Waals surface area contributed by atoms with Gasteiger partial charge in [0.25, 0.3) is 0 Å². The van der Waals surface area contributed by atoms with Crippen LogP contribution in [0.1, 0.15) is 24.0 Å². The van der Waals surface area contributed by atoms with Crippen LogP contribution in [0, 0.1) is 0 Å². The molecular weight excluding hydrogens is 760 g/mol. The third-order valence-electron chi connectivity index (χ3n) is 9.92. The topological polar surface area (TPSA) is 356 Å². The van der Waals surface area contributed by atoms with E-state index in [1.54, 1.807) is 37.3 Å². The predicted octanol–water partition coefficient (Wildman–Crippen LogP) is -6.42. The third kappa shape index (κ3) is 10.7. The van der Waals surface area contributed by atoms with Gasteiger partial charge in [0.1, 0.15) is 48.2 Å². The predicted molar refractivity (Wildman–Crippen MR) is 205 cm³/mol. The first kappa shape index (κ1) is 42.6. The third-order valence-corrected chi connectivity index (χ3v) is 9.92. The van der Waals surface area contributed by atoms with Crippen LogP contribution in [0.3, 0.4) is 0 Å². The summed E-state index contributed by atoms with van der Waals surface area (Å²) in [5.74, 6) is -7.05. The van der Waals surface area contributed by atoms with E-state index in [2.05, 4.69) is 52.5 Å². The molecule has 0 aromatic heterocycles. The molecule has 2 aromatic rings. The summed E-state index contributed by atoms with van der Waals surface area (Å²) in [5.41, 5.74) is 12.6. The molecule has 3 aliphatic heterocycles. The number of carbonyl (C=O) groups excluding carboxylic acids is 6. The zero-order valence-corrected chi connectivity index (χ0v) is 31.3. The lowest BCUT2D eigenvalue weighted by atomic mass is 9.92. The summed E-state index contributed by atoms with van der Waals surface area (Å²) in [4.78, 5) is 91.1. The van der Waals surface area contributed by atoms with Crippen LogP contribution in [-0.2, 0) is 35.2 Å². The van der Waals surface area contributed by atoms with E-state index in [1.165, 1.54) is 24.3 Å². The molecule has 16 N–H and O–H groups in total. The van der Waals surface area contributed by atoms with Crippen molar-refractivity contribution in [3.8, 4) is 5.75 Å². The van der Waals surface area contributed by atoms with Gasteiger partial charge in [-0.15, -0.1) is 0 Å². The molecule has 0 saturated carbocycles. The van der Waals surface area contributed by atoms with Crippen LogP contribution in [0.2, 0.25) is 0 Å². The number of amides is 6. The minimum absolute atomic E-state index is 0.0695. The summed E-state index contributed by atoms with van der Waals surface area (Å²) in [6, 6.07) is 3.82. The number of phenolic OH excluding ortho intramolecular Hbond substituents is 1. The Morgan fingerprint density at radius 1 is 0.655 bits per heavy atom. The quantitative estimate of drug-likeness (QED) is 0.112. The first-order chi connectivity index (χ1) is 27.6. The maximum Gasteiger partial charge on any atom is 0.246 e. The number of nitrogens with two attached hydrogens (primary N) is 2. The molecule has 22 heteroatoms. The number of aromatic hydroxyl groups is 1. The maximum atomic E-state index is 14.3. The van der Waals surface area contributed by atoms with Gasteiger partial charge in [0.2, 0.25) is 35.4 Å². The number of nitrogens with zero attached hydrogens (tertiary/aromatic N) is 2. The Kier molecular flexibility index (Phi) is 14.0. The van der Waals surface area contributed by atoms with Crippen molar-refractivity contribution < 1.29 is 49.2 Å². The highest BCUT2D eigenvalue weighted by atomic mass is 16.3. The van der Waals surface area contributed by atoms with Crippen LogP contribution in [0.4, 0.5) is 0 Å². The van der Waals surface area contributed by atoms with E-state index in [4.69, 9.17) is 11.5 Å². The Balaban J connectivity index is 1.56. The highest BCUT2D eigenvalue weighted by Crippen LogP contribution is 2.20. The van der Waals surface area contributed by atoms with Crippen molar-refractivity contribution in [1.82, 2.24) is 42.5 Å². The molecule has 58 heavy (non-hydrogen) atoms. The number of hydrogen-bond donors (Lipinski definition) is 14. The Bertz CT molecular complexity index is 1900. The van der Waals surface area contributed by atoms with Crippen molar-refractivity contribution in [2.24, 2.45) is 21.5 Å². The summed E-state index contributed by atoms with van der Waals surface area (Å²) in [6.07, 6.45) is -3.85. The lowest BCUT2D eigenvalue weighted by molar-refractivity contribution is -0.139. The molecule has 0 aliphatic carbocycles. The fraction of sp³-hybridized carbons (Fsp3) is 0.444. The van der Waals surface area contributed by atoms with Gasteiger partial charge in [-0.3, -0.25) is 38.8 Å². The number of benzene rings is 2. The lowest BCUT2D eigenvalue weighted by Gasteiger charge is -2.33. The van der Waals surface area contributed by atoms with Crippen molar-refractivity contribution in [3.05, 3.63) is 65.7 Å². The van der Waals surface area contributed by atoms with Crippen LogP contribution >= 0.6 is 0 Å². The summed E-state index contributed by atoms with van der Waals surface area (Å²) in [5, 5.41) is 62.9. The summed E-state index contributed by atoms with van der Waals surface area (Å²) in [6.45, 7) is -0.329. The van der Waals surface area contributed by atoms with Crippen molar-refractivity contribution in [1.29, 1.82) is 0 Å². The van der Waals surface area contributed by atoms with Gasteiger partial charge in [-0.25, -0.2) is 0 Å². The van der Waals surface area contributed by atoms with E-state index in [0.29, 0.717) is 11.1 Å². The average Bonchev–Trinajstić information content (AvgIpc) is 3.86. The van der Waals surface area contributed by atoms with Gasteiger partial charge < -0.3 is 74.4 Å². The van der Waals surface area contributed by atoms with E-state index in [0.717, 1.165) is 0 Å². The number of aliphatic imine (C=N–C) groups is 2. The van der Waals surface area contributed by atoms with Gasteiger partial charge in [-0.2, -0.15) is 0 Å². The highest BCUT2D eigenvalue weighted by molar-refractivity contribution is 5.98. The number of aliphatic hydroxyl groups excluding tert-OH is 3. The maximum absolute atomic E-state index is 14.3. The van der Waals surface area contributed by atoms with Gasteiger partial charge in [0.15, 0.2) is 11.9 Å². The van der Waals surface area contributed by atoms with E-state index in [9.17, 15) is 49.2 Å². The molecule has 1 fully saturated rings. The first-order valence-corrected chi connectivity index (χ1v) is 18.4. The molecule has 0 spiro atoms. The van der Waals surface area contributed by atoms with Crippen molar-refractivity contribution in [2.75, 3.05) is 26.2 Å². The number of hydrogen-bond acceptors (Lipinski definition) is 16. The number of phenols is 1. The van der Waals surface area contributed by atoms with E-state index < -0.39 is 109 Å². The average molecular weight is 809 g/mol. The lowest BCUT2D eigenvalue weighted by Crippen LogP contribution is -2.67. The molecule has 5 rings (SSSR count). The number of rotatable bonds is 9. The summed E-state index contributed by atoms with van der Waals surface area (Å²) in [7, 11) is 0. The molecule has 312 valence electrons. The molecule has 0 bridgehead atoms. The second-order valence-electron chi connectivity index (χ2n) is 14.0. The van der Waals surface area contributed by atoms with Crippen LogP contribution in [0.5, 0.6) is 5.75 Å². The second kappa shape index (κ2) is 19.1. The van der Waals surface area contributed by atoms with E-state index in [1.807, 2.05) is 0 Å². The smallest absolute Gasteiger partial charge is 0.246 e. The zero-order valence-electron chi connectivity index (χ0n) is 31.3. The Morgan fingerprint density at radius 3 is 1.71 bits per heavy atom. The molecule has 6 amide bonds. The van der Waals surface area contributed by atoms with Crippen molar-refractivity contribution >= 4 is 47.4 Å². The molecule has 0 radical (unpaired) electrons. The van der Waals surface area contributed by atoms with Crippen LogP contribution in [0.15, 0.2) is 64.6 Å². The minimum atomic E-state index is -1.94. The van der Waals surface area contributed by atoms with Crippen molar-refractivity contribution in [2.45, 2.75) is 73.8 Å². The number of guanidine groups is 2. The largest absolute Gasteiger partial charge is 0.508 e. The SMILES string of the molecule is CC(c1ccccc1)C1NC(=O)CNC(=O)C(CO)NC(=O)C(C(O)C2CN=C(N)N2)NC(=O)C(C(O)C2CN=C(N)N2)NC(=O)C(Cc2ccc(O)cc2)NC1=O. The molecular formula is C36H48N12O10. The second-order valence-corrected chi connectivity index (χ2v) is 14.0. The van der Waals surface area contributed by atoms with Crippen LogP contribution in [0.25, 0.3) is 0 Å². The summed E-state index contributed by atoms with van der Waals surface area (Å²) >= 11 is 0. The van der Waals surface area contributed by atoms with Gasteiger partial charge in [-0.1, -0.05) is 49.4 Å². The highest BCUT2D eigenvalue weighted by Gasteiger charge is 2.43. The first-order valence-electron chi connectivity index (χ1n) is 18.4.